The Morgan fingerprint density at radius 3 is 2.64 bits per heavy atom. The Morgan fingerprint density at radius 1 is 1.41 bits per heavy atom. The van der Waals surface area contributed by atoms with Gasteiger partial charge >= 0.3 is 12.0 Å². The van der Waals surface area contributed by atoms with Crippen molar-refractivity contribution in [1.82, 2.24) is 10.2 Å². The molecule has 2 atom stereocenters. The fourth-order valence-electron chi connectivity index (χ4n) is 2.59. The van der Waals surface area contributed by atoms with Crippen LogP contribution in [-0.2, 0) is 15.1 Å². The Balaban J connectivity index is 1.94. The van der Waals surface area contributed by atoms with Crippen molar-refractivity contribution in [2.75, 3.05) is 26.7 Å². The zero-order valence-electron chi connectivity index (χ0n) is 12.9. The maximum Gasteiger partial charge on any atom is 0.317 e. The molecule has 120 valence electrons. The smallest absolute Gasteiger partial charge is 0.317 e. The summed E-state index contributed by atoms with van der Waals surface area (Å²) in [5, 5.41) is 11.8. The number of urea groups is 1. The van der Waals surface area contributed by atoms with Gasteiger partial charge in [0.15, 0.2) is 0 Å². The normalized spacial score (nSPS) is 20.5. The summed E-state index contributed by atoms with van der Waals surface area (Å²) in [7, 11) is 1.61. The third-order valence-electron chi connectivity index (χ3n) is 4.24. The minimum Gasteiger partial charge on any atom is -0.481 e. The molecule has 1 heterocycles. The van der Waals surface area contributed by atoms with Gasteiger partial charge in [0.25, 0.3) is 0 Å². The fourth-order valence-corrected chi connectivity index (χ4v) is 2.59. The number of hydrogen-bond donors (Lipinski definition) is 2. The van der Waals surface area contributed by atoms with Crippen LogP contribution in [0, 0.1) is 5.92 Å². The van der Waals surface area contributed by atoms with E-state index < -0.39 is 17.5 Å². The zero-order valence-corrected chi connectivity index (χ0v) is 12.9. The van der Waals surface area contributed by atoms with Crippen LogP contribution in [0.5, 0.6) is 0 Å². The van der Waals surface area contributed by atoms with Crippen LogP contribution < -0.4 is 5.32 Å². The van der Waals surface area contributed by atoms with Crippen LogP contribution in [0.15, 0.2) is 30.3 Å². The molecule has 1 aliphatic rings. The number of likely N-dealkylation sites (tertiary alicyclic amines) is 1. The van der Waals surface area contributed by atoms with Gasteiger partial charge in [-0.3, -0.25) is 4.79 Å². The number of nitrogens with one attached hydrogen (secondary N) is 1. The van der Waals surface area contributed by atoms with E-state index in [2.05, 4.69) is 5.32 Å². The van der Waals surface area contributed by atoms with Gasteiger partial charge in [-0.1, -0.05) is 30.3 Å². The Bertz CT molecular complexity index is 534. The second-order valence-electron chi connectivity index (χ2n) is 5.73. The second kappa shape index (κ2) is 6.79. The lowest BCUT2D eigenvalue weighted by Crippen LogP contribution is -2.45. The molecule has 1 aromatic rings. The van der Waals surface area contributed by atoms with E-state index >= 15 is 0 Å². The van der Waals surface area contributed by atoms with Gasteiger partial charge in [-0.2, -0.15) is 0 Å². The number of methoxy groups -OCH3 is 1. The van der Waals surface area contributed by atoms with Crippen LogP contribution in [0.3, 0.4) is 0 Å². The van der Waals surface area contributed by atoms with Crippen LogP contribution in [0.25, 0.3) is 0 Å². The van der Waals surface area contributed by atoms with Crippen molar-refractivity contribution in [2.24, 2.45) is 5.92 Å². The van der Waals surface area contributed by atoms with E-state index in [-0.39, 0.29) is 12.6 Å². The summed E-state index contributed by atoms with van der Waals surface area (Å²) < 4.78 is 5.57. The number of carboxylic acids is 1. The van der Waals surface area contributed by atoms with Crippen molar-refractivity contribution in [3.8, 4) is 0 Å². The molecule has 0 radical (unpaired) electrons. The van der Waals surface area contributed by atoms with E-state index in [1.807, 2.05) is 37.3 Å². The number of ether oxygens (including phenoxy) is 1. The van der Waals surface area contributed by atoms with Crippen molar-refractivity contribution < 1.29 is 19.4 Å². The third-order valence-corrected chi connectivity index (χ3v) is 4.24. The minimum absolute atomic E-state index is 0.247. The minimum atomic E-state index is -0.846. The average Bonchev–Trinajstić information content (AvgIpc) is 3.03. The lowest BCUT2D eigenvalue weighted by Gasteiger charge is -2.30. The quantitative estimate of drug-likeness (QED) is 0.867. The van der Waals surface area contributed by atoms with Gasteiger partial charge in [0.2, 0.25) is 0 Å². The topological polar surface area (TPSA) is 78.9 Å². The summed E-state index contributed by atoms with van der Waals surface area (Å²) in [5.74, 6) is -1.31. The highest BCUT2D eigenvalue weighted by atomic mass is 16.5. The lowest BCUT2D eigenvalue weighted by molar-refractivity contribution is -0.141. The molecular weight excluding hydrogens is 284 g/mol. The molecule has 0 aliphatic carbocycles. The van der Waals surface area contributed by atoms with Crippen LogP contribution >= 0.6 is 0 Å². The number of aliphatic carboxylic acids is 1. The molecule has 22 heavy (non-hydrogen) atoms. The standard InChI is InChI=1S/C16H22N2O4/c1-16(22-2,13-6-4-3-5-7-13)11-17-15(21)18-9-8-12(10-18)14(19)20/h3-7,12H,8-11H2,1-2H3,(H,17,21)(H,19,20). The van der Waals surface area contributed by atoms with E-state index in [1.54, 1.807) is 12.0 Å². The molecule has 0 spiro atoms. The number of benzene rings is 1. The number of carbonyl (C=O) groups excluding carboxylic acids is 1. The number of rotatable bonds is 5. The monoisotopic (exact) mass is 306 g/mol. The molecule has 0 aromatic heterocycles. The first kappa shape index (κ1) is 16.3. The largest absolute Gasteiger partial charge is 0.481 e. The average molecular weight is 306 g/mol. The Kier molecular flexibility index (Phi) is 5.03. The van der Waals surface area contributed by atoms with Gasteiger partial charge in [-0.25, -0.2) is 4.79 Å². The predicted molar refractivity (Wildman–Crippen MR) is 81.5 cm³/mol. The summed E-state index contributed by atoms with van der Waals surface area (Å²) in [6, 6.07) is 9.42. The molecule has 1 aliphatic heterocycles. The Morgan fingerprint density at radius 2 is 2.09 bits per heavy atom. The molecule has 2 rings (SSSR count). The number of amides is 2. The third kappa shape index (κ3) is 3.57. The van der Waals surface area contributed by atoms with Gasteiger partial charge in [0, 0.05) is 20.2 Å². The summed E-state index contributed by atoms with van der Waals surface area (Å²) in [4.78, 5) is 24.7. The molecule has 2 amide bonds. The van der Waals surface area contributed by atoms with Crippen molar-refractivity contribution in [3.05, 3.63) is 35.9 Å². The molecule has 0 bridgehead atoms. The molecule has 2 N–H and O–H groups in total. The van der Waals surface area contributed by atoms with E-state index in [4.69, 9.17) is 9.84 Å². The van der Waals surface area contributed by atoms with Crippen LogP contribution in [-0.4, -0.2) is 48.8 Å². The molecule has 2 unspecified atom stereocenters. The maximum atomic E-state index is 12.2. The molecular formula is C16H22N2O4. The van der Waals surface area contributed by atoms with Crippen molar-refractivity contribution in [1.29, 1.82) is 0 Å². The van der Waals surface area contributed by atoms with Crippen molar-refractivity contribution >= 4 is 12.0 Å². The summed E-state index contributed by atoms with van der Waals surface area (Å²) >= 11 is 0. The SMILES string of the molecule is COC(C)(CNC(=O)N1CCC(C(=O)O)C1)c1ccccc1. The summed E-state index contributed by atoms with van der Waals surface area (Å²) in [6.45, 7) is 2.96. The highest BCUT2D eigenvalue weighted by Gasteiger charge is 2.32. The molecule has 6 nitrogen and oxygen atoms in total. The second-order valence-corrected chi connectivity index (χ2v) is 5.73. The lowest BCUT2D eigenvalue weighted by atomic mass is 9.96. The van der Waals surface area contributed by atoms with Gasteiger partial charge in [-0.05, 0) is 18.9 Å². The first-order valence-corrected chi connectivity index (χ1v) is 7.32. The number of hydrogen-bond acceptors (Lipinski definition) is 3. The highest BCUT2D eigenvalue weighted by molar-refractivity contribution is 5.77. The van der Waals surface area contributed by atoms with E-state index in [0.717, 1.165) is 5.56 Å². The van der Waals surface area contributed by atoms with Crippen LogP contribution in [0.2, 0.25) is 0 Å². The van der Waals surface area contributed by atoms with Gasteiger partial charge in [-0.15, -0.1) is 0 Å². The molecule has 1 saturated heterocycles. The van der Waals surface area contributed by atoms with Crippen molar-refractivity contribution in [3.63, 3.8) is 0 Å². The van der Waals surface area contributed by atoms with Gasteiger partial charge in [0.1, 0.15) is 5.60 Å². The molecule has 1 fully saturated rings. The Labute approximate surface area is 130 Å². The van der Waals surface area contributed by atoms with E-state index in [1.165, 1.54) is 0 Å². The van der Waals surface area contributed by atoms with Gasteiger partial charge in [0.05, 0.1) is 12.5 Å². The molecule has 0 saturated carbocycles. The first-order chi connectivity index (χ1) is 10.5. The number of nitrogens with zero attached hydrogens (tertiary/aromatic N) is 1. The van der Waals surface area contributed by atoms with Crippen LogP contribution in [0.1, 0.15) is 18.9 Å². The molecule has 6 heteroatoms. The molecule has 1 aromatic carbocycles. The predicted octanol–water partition coefficient (Wildman–Crippen LogP) is 1.66. The van der Waals surface area contributed by atoms with Crippen LogP contribution in [0.4, 0.5) is 4.79 Å². The van der Waals surface area contributed by atoms with Crippen molar-refractivity contribution in [2.45, 2.75) is 18.9 Å². The highest BCUT2D eigenvalue weighted by Crippen LogP contribution is 2.24. The summed E-state index contributed by atoms with van der Waals surface area (Å²) in [6.07, 6.45) is 0.503. The zero-order chi connectivity index (χ0) is 16.2. The number of carbonyl (C=O) groups is 2. The fraction of sp³-hybridized carbons (Fsp3) is 0.500. The first-order valence-electron chi connectivity index (χ1n) is 7.32. The van der Waals surface area contributed by atoms with E-state index in [0.29, 0.717) is 19.5 Å². The van der Waals surface area contributed by atoms with Gasteiger partial charge < -0.3 is 20.1 Å². The summed E-state index contributed by atoms with van der Waals surface area (Å²) in [5.41, 5.74) is 0.352. The number of carboxylic acid groups (broad SMARTS) is 1. The Hall–Kier alpha value is -2.08. The maximum absolute atomic E-state index is 12.2. The van der Waals surface area contributed by atoms with E-state index in [9.17, 15) is 9.59 Å².